The Labute approximate surface area is 101 Å². The highest BCUT2D eigenvalue weighted by atomic mass is 32.2. The summed E-state index contributed by atoms with van der Waals surface area (Å²) in [5.74, 6) is -4.14. The molecule has 0 atom stereocenters. The number of halogens is 3. The second-order valence-electron chi connectivity index (χ2n) is 3.43. The van der Waals surface area contributed by atoms with Crippen LogP contribution in [0.25, 0.3) is 0 Å². The van der Waals surface area contributed by atoms with Crippen molar-refractivity contribution in [3.63, 3.8) is 0 Å². The lowest BCUT2D eigenvalue weighted by Crippen LogP contribution is -2.02. The minimum absolute atomic E-state index is 0.000629. The predicted octanol–water partition coefficient (Wildman–Crippen LogP) is 3.23. The lowest BCUT2D eigenvalue weighted by Gasteiger charge is -2.07. The van der Waals surface area contributed by atoms with E-state index in [-0.39, 0.29) is 29.7 Å². The Balaban J connectivity index is 2.90. The smallest absolute Gasteiger partial charge is 0.303 e. The molecule has 0 heterocycles. The fourth-order valence-electron chi connectivity index (χ4n) is 1.43. The second-order valence-corrected chi connectivity index (χ2v) is 4.24. The lowest BCUT2D eigenvalue weighted by molar-refractivity contribution is -0.137. The number of carboxylic acids is 1. The summed E-state index contributed by atoms with van der Waals surface area (Å²) in [6.45, 7) is 0. The van der Waals surface area contributed by atoms with Gasteiger partial charge in [0, 0.05) is 6.42 Å². The van der Waals surface area contributed by atoms with Gasteiger partial charge in [-0.2, -0.15) is 0 Å². The van der Waals surface area contributed by atoms with E-state index in [4.69, 9.17) is 5.11 Å². The monoisotopic (exact) mass is 264 g/mol. The summed E-state index contributed by atoms with van der Waals surface area (Å²) in [5, 5.41) is 8.41. The van der Waals surface area contributed by atoms with Crippen LogP contribution in [0, 0.1) is 17.5 Å². The third-order valence-corrected chi connectivity index (χ3v) is 3.02. The molecular weight excluding hydrogens is 253 g/mol. The topological polar surface area (TPSA) is 37.3 Å². The Bertz CT molecular complexity index is 435. The molecule has 0 unspecified atom stereocenters. The van der Waals surface area contributed by atoms with Crippen LogP contribution in [0.2, 0.25) is 0 Å². The summed E-state index contributed by atoms with van der Waals surface area (Å²) in [4.78, 5) is 9.91. The normalized spacial score (nSPS) is 10.6. The first-order valence-electron chi connectivity index (χ1n) is 4.89. The number of carboxylic acid groups (broad SMARTS) is 1. The number of benzene rings is 1. The molecule has 0 bridgehead atoms. The number of aryl methyl sites for hydroxylation is 1. The molecule has 0 saturated heterocycles. The second kappa shape index (κ2) is 5.95. The molecule has 1 rings (SSSR count). The third-order valence-electron chi connectivity index (χ3n) is 2.23. The molecule has 0 spiro atoms. The van der Waals surface area contributed by atoms with Crippen molar-refractivity contribution in [3.05, 3.63) is 29.1 Å². The van der Waals surface area contributed by atoms with E-state index in [1.165, 1.54) is 6.26 Å². The highest BCUT2D eigenvalue weighted by Crippen LogP contribution is 2.27. The Kier molecular flexibility index (Phi) is 4.86. The zero-order chi connectivity index (χ0) is 13.0. The molecule has 2 nitrogen and oxygen atoms in total. The van der Waals surface area contributed by atoms with Gasteiger partial charge in [-0.15, -0.1) is 11.8 Å². The SMILES string of the molecule is CSc1c(F)cc(CCCC(=O)O)c(F)c1F. The molecule has 0 amide bonds. The van der Waals surface area contributed by atoms with Gasteiger partial charge in [-0.25, -0.2) is 13.2 Å². The summed E-state index contributed by atoms with van der Waals surface area (Å²) < 4.78 is 40.1. The van der Waals surface area contributed by atoms with Gasteiger partial charge in [0.2, 0.25) is 0 Å². The first kappa shape index (κ1) is 13.9. The first-order chi connectivity index (χ1) is 7.97. The van der Waals surface area contributed by atoms with E-state index < -0.39 is 23.4 Å². The molecule has 94 valence electrons. The average Bonchev–Trinajstić information content (AvgIpc) is 2.25. The van der Waals surface area contributed by atoms with Crippen LogP contribution in [0.1, 0.15) is 18.4 Å². The van der Waals surface area contributed by atoms with E-state index in [2.05, 4.69) is 0 Å². The van der Waals surface area contributed by atoms with Crippen LogP contribution >= 0.6 is 11.8 Å². The van der Waals surface area contributed by atoms with Crippen molar-refractivity contribution < 1.29 is 23.1 Å². The molecular formula is C11H11F3O2S. The molecule has 0 aliphatic heterocycles. The number of carbonyl (C=O) groups is 1. The fraction of sp³-hybridized carbons (Fsp3) is 0.364. The molecule has 1 N–H and O–H groups in total. The van der Waals surface area contributed by atoms with Gasteiger partial charge in [0.1, 0.15) is 5.82 Å². The molecule has 6 heteroatoms. The van der Waals surface area contributed by atoms with E-state index in [9.17, 15) is 18.0 Å². The summed E-state index contributed by atoms with van der Waals surface area (Å²) >= 11 is 0.790. The van der Waals surface area contributed by atoms with Crippen LogP contribution in [0.5, 0.6) is 0 Å². The highest BCUT2D eigenvalue weighted by molar-refractivity contribution is 7.98. The Morgan fingerprint density at radius 2 is 2.00 bits per heavy atom. The Hall–Kier alpha value is -1.17. The number of hydrogen-bond donors (Lipinski definition) is 1. The van der Waals surface area contributed by atoms with Crippen LogP contribution in [0.15, 0.2) is 11.0 Å². The lowest BCUT2D eigenvalue weighted by atomic mass is 10.1. The number of thioether (sulfide) groups is 1. The van der Waals surface area contributed by atoms with Gasteiger partial charge in [-0.05, 0) is 30.7 Å². The van der Waals surface area contributed by atoms with E-state index in [0.29, 0.717) is 0 Å². The van der Waals surface area contributed by atoms with Crippen molar-refractivity contribution in [1.29, 1.82) is 0 Å². The third kappa shape index (κ3) is 3.39. The average molecular weight is 264 g/mol. The van der Waals surface area contributed by atoms with Gasteiger partial charge >= 0.3 is 5.97 Å². The number of aliphatic carboxylic acids is 1. The van der Waals surface area contributed by atoms with Gasteiger partial charge in [0.05, 0.1) is 4.90 Å². The van der Waals surface area contributed by atoms with Crippen LogP contribution in [0.3, 0.4) is 0 Å². The molecule has 0 aliphatic rings. The van der Waals surface area contributed by atoms with Crippen LogP contribution < -0.4 is 0 Å². The van der Waals surface area contributed by atoms with Gasteiger partial charge in [-0.3, -0.25) is 4.79 Å². The minimum atomic E-state index is -1.21. The predicted molar refractivity (Wildman–Crippen MR) is 58.7 cm³/mol. The number of rotatable bonds is 5. The van der Waals surface area contributed by atoms with E-state index in [1.54, 1.807) is 0 Å². The summed E-state index contributed by atoms with van der Waals surface area (Å²) in [5.41, 5.74) is -0.126. The minimum Gasteiger partial charge on any atom is -0.481 e. The molecule has 1 aromatic rings. The van der Waals surface area contributed by atoms with E-state index in [0.717, 1.165) is 17.8 Å². The fourth-order valence-corrected chi connectivity index (χ4v) is 1.95. The maximum Gasteiger partial charge on any atom is 0.303 e. The van der Waals surface area contributed by atoms with E-state index in [1.807, 2.05) is 0 Å². The quantitative estimate of drug-likeness (QED) is 0.655. The molecule has 17 heavy (non-hydrogen) atoms. The van der Waals surface area contributed by atoms with Crippen molar-refractivity contribution in [3.8, 4) is 0 Å². The molecule has 0 fully saturated rings. The maximum atomic E-state index is 13.5. The Morgan fingerprint density at radius 1 is 1.35 bits per heavy atom. The van der Waals surface area contributed by atoms with Crippen molar-refractivity contribution >= 4 is 17.7 Å². The van der Waals surface area contributed by atoms with Crippen molar-refractivity contribution in [1.82, 2.24) is 0 Å². The molecule has 0 aromatic heterocycles. The van der Waals surface area contributed by atoms with Crippen LogP contribution in [0.4, 0.5) is 13.2 Å². The van der Waals surface area contributed by atoms with Gasteiger partial charge in [-0.1, -0.05) is 0 Å². The standard InChI is InChI=1S/C11H11F3O2S/c1-17-11-7(12)5-6(9(13)10(11)14)3-2-4-8(15)16/h5H,2-4H2,1H3,(H,15,16). The molecule has 1 aromatic carbocycles. The van der Waals surface area contributed by atoms with Crippen LogP contribution in [-0.2, 0) is 11.2 Å². The zero-order valence-corrected chi connectivity index (χ0v) is 9.91. The van der Waals surface area contributed by atoms with Crippen molar-refractivity contribution in [2.75, 3.05) is 6.26 Å². The first-order valence-corrected chi connectivity index (χ1v) is 6.12. The largest absolute Gasteiger partial charge is 0.481 e. The molecule has 0 radical (unpaired) electrons. The maximum absolute atomic E-state index is 13.5. The summed E-state index contributed by atoms with van der Waals surface area (Å²) in [6, 6.07) is 0.923. The summed E-state index contributed by atoms with van der Waals surface area (Å²) in [7, 11) is 0. The molecule has 0 aliphatic carbocycles. The van der Waals surface area contributed by atoms with Gasteiger partial charge in [0.15, 0.2) is 11.6 Å². The van der Waals surface area contributed by atoms with Crippen molar-refractivity contribution in [2.24, 2.45) is 0 Å². The summed E-state index contributed by atoms with van der Waals surface area (Å²) in [6.07, 6.45) is 1.43. The zero-order valence-electron chi connectivity index (χ0n) is 9.10. The van der Waals surface area contributed by atoms with Gasteiger partial charge < -0.3 is 5.11 Å². The van der Waals surface area contributed by atoms with Gasteiger partial charge in [0.25, 0.3) is 0 Å². The highest BCUT2D eigenvalue weighted by Gasteiger charge is 2.17. The number of hydrogen-bond acceptors (Lipinski definition) is 2. The Morgan fingerprint density at radius 3 is 2.53 bits per heavy atom. The molecule has 0 saturated carbocycles. The van der Waals surface area contributed by atoms with Crippen molar-refractivity contribution in [2.45, 2.75) is 24.2 Å². The van der Waals surface area contributed by atoms with E-state index >= 15 is 0 Å². The van der Waals surface area contributed by atoms with Crippen LogP contribution in [-0.4, -0.2) is 17.3 Å².